The monoisotopic (exact) mass is 238 g/mol. The van der Waals surface area contributed by atoms with Gasteiger partial charge in [-0.05, 0) is 25.5 Å². The Morgan fingerprint density at radius 2 is 2.24 bits per heavy atom. The van der Waals surface area contributed by atoms with Crippen molar-refractivity contribution in [3.8, 4) is 0 Å². The van der Waals surface area contributed by atoms with Crippen molar-refractivity contribution < 1.29 is 14.7 Å². The first-order chi connectivity index (χ1) is 8.00. The van der Waals surface area contributed by atoms with E-state index in [0.29, 0.717) is 6.42 Å². The number of aliphatic carboxylic acids is 1. The van der Waals surface area contributed by atoms with E-state index in [9.17, 15) is 14.4 Å². The highest BCUT2D eigenvalue weighted by Gasteiger charge is 2.13. The largest absolute Gasteiger partial charge is 0.481 e. The third kappa shape index (κ3) is 4.10. The van der Waals surface area contributed by atoms with E-state index in [1.165, 1.54) is 12.3 Å². The second kappa shape index (κ2) is 5.83. The maximum Gasteiger partial charge on any atom is 0.303 e. The molecule has 92 valence electrons. The van der Waals surface area contributed by atoms with E-state index in [2.05, 4.69) is 10.3 Å². The molecule has 6 heteroatoms. The average Bonchev–Trinajstić information content (AvgIpc) is 2.26. The van der Waals surface area contributed by atoms with E-state index < -0.39 is 17.4 Å². The van der Waals surface area contributed by atoms with E-state index in [-0.39, 0.29) is 18.0 Å². The van der Waals surface area contributed by atoms with Crippen molar-refractivity contribution in [1.82, 2.24) is 10.3 Å². The minimum absolute atomic E-state index is 0.0212. The fourth-order valence-corrected chi connectivity index (χ4v) is 1.31. The van der Waals surface area contributed by atoms with Crippen LogP contribution < -0.4 is 10.9 Å². The molecule has 0 radical (unpaired) electrons. The van der Waals surface area contributed by atoms with Crippen LogP contribution in [0.25, 0.3) is 0 Å². The van der Waals surface area contributed by atoms with Gasteiger partial charge in [0.15, 0.2) is 0 Å². The van der Waals surface area contributed by atoms with Crippen LogP contribution in [0, 0.1) is 0 Å². The Morgan fingerprint density at radius 3 is 2.82 bits per heavy atom. The highest BCUT2D eigenvalue weighted by molar-refractivity contribution is 5.93. The average molecular weight is 238 g/mol. The summed E-state index contributed by atoms with van der Waals surface area (Å²) in [6.45, 7) is 1.69. The van der Waals surface area contributed by atoms with Crippen molar-refractivity contribution in [2.24, 2.45) is 0 Å². The normalized spacial score (nSPS) is 11.8. The van der Waals surface area contributed by atoms with Gasteiger partial charge < -0.3 is 15.4 Å². The lowest BCUT2D eigenvalue weighted by molar-refractivity contribution is -0.137. The number of hydrogen-bond acceptors (Lipinski definition) is 3. The van der Waals surface area contributed by atoms with Gasteiger partial charge in [-0.15, -0.1) is 0 Å². The SMILES string of the molecule is CC(CCC(=O)O)NC(=O)c1ccc[nH]c1=O. The molecular weight excluding hydrogens is 224 g/mol. The van der Waals surface area contributed by atoms with Crippen molar-refractivity contribution in [3.05, 3.63) is 34.2 Å². The van der Waals surface area contributed by atoms with Crippen LogP contribution in [0.5, 0.6) is 0 Å². The number of hydrogen-bond donors (Lipinski definition) is 3. The summed E-state index contributed by atoms with van der Waals surface area (Å²) < 4.78 is 0. The third-order valence-corrected chi connectivity index (χ3v) is 2.23. The number of carbonyl (C=O) groups excluding carboxylic acids is 1. The fourth-order valence-electron chi connectivity index (χ4n) is 1.31. The number of carboxylic acids is 1. The predicted molar refractivity (Wildman–Crippen MR) is 60.9 cm³/mol. The van der Waals surface area contributed by atoms with Crippen LogP contribution in [0.1, 0.15) is 30.1 Å². The van der Waals surface area contributed by atoms with Gasteiger partial charge >= 0.3 is 5.97 Å². The van der Waals surface area contributed by atoms with E-state index in [0.717, 1.165) is 0 Å². The Labute approximate surface area is 97.7 Å². The molecule has 0 saturated heterocycles. The minimum atomic E-state index is -0.913. The molecule has 0 fully saturated rings. The number of aromatic nitrogens is 1. The summed E-state index contributed by atoms with van der Waals surface area (Å²) in [4.78, 5) is 35.7. The number of nitrogens with one attached hydrogen (secondary N) is 2. The molecule has 1 atom stereocenters. The number of aromatic amines is 1. The lowest BCUT2D eigenvalue weighted by Crippen LogP contribution is -2.36. The fraction of sp³-hybridized carbons (Fsp3) is 0.364. The van der Waals surface area contributed by atoms with Gasteiger partial charge in [0.25, 0.3) is 11.5 Å². The molecule has 17 heavy (non-hydrogen) atoms. The molecule has 3 N–H and O–H groups in total. The van der Waals surface area contributed by atoms with Gasteiger partial charge in [0.05, 0.1) is 0 Å². The van der Waals surface area contributed by atoms with Gasteiger partial charge in [-0.3, -0.25) is 14.4 Å². The molecular formula is C11H14N2O4. The molecule has 0 spiro atoms. The summed E-state index contributed by atoms with van der Waals surface area (Å²) in [5.74, 6) is -1.41. The Hall–Kier alpha value is -2.11. The Kier molecular flexibility index (Phi) is 4.45. The smallest absolute Gasteiger partial charge is 0.303 e. The first-order valence-corrected chi connectivity index (χ1v) is 5.21. The number of pyridine rings is 1. The number of carbonyl (C=O) groups is 2. The highest BCUT2D eigenvalue weighted by Crippen LogP contribution is 1.98. The maximum atomic E-state index is 11.6. The van der Waals surface area contributed by atoms with E-state index in [1.54, 1.807) is 13.0 Å². The van der Waals surface area contributed by atoms with Gasteiger partial charge in [-0.1, -0.05) is 0 Å². The topological polar surface area (TPSA) is 99.3 Å². The van der Waals surface area contributed by atoms with Gasteiger partial charge in [-0.25, -0.2) is 0 Å². The van der Waals surface area contributed by atoms with Gasteiger partial charge in [0, 0.05) is 18.7 Å². The standard InChI is InChI=1S/C11H14N2O4/c1-7(4-5-9(14)15)13-11(17)8-3-2-6-12-10(8)16/h2-3,6-7H,4-5H2,1H3,(H,12,16)(H,13,17)(H,14,15). The van der Waals surface area contributed by atoms with Crippen molar-refractivity contribution in [1.29, 1.82) is 0 Å². The first-order valence-electron chi connectivity index (χ1n) is 5.21. The van der Waals surface area contributed by atoms with Crippen LogP contribution in [0.4, 0.5) is 0 Å². The van der Waals surface area contributed by atoms with Crippen LogP contribution in [-0.4, -0.2) is 28.0 Å². The van der Waals surface area contributed by atoms with Gasteiger partial charge in [0.1, 0.15) is 5.56 Å². The van der Waals surface area contributed by atoms with Crippen molar-refractivity contribution in [2.45, 2.75) is 25.8 Å². The summed E-state index contributed by atoms with van der Waals surface area (Å²) >= 11 is 0. The zero-order valence-electron chi connectivity index (χ0n) is 9.40. The van der Waals surface area contributed by atoms with Crippen LogP contribution in [-0.2, 0) is 4.79 Å². The summed E-state index contributed by atoms with van der Waals surface area (Å²) in [5.41, 5.74) is -0.440. The quantitative estimate of drug-likeness (QED) is 0.689. The number of amides is 1. The molecule has 1 aromatic rings. The van der Waals surface area contributed by atoms with Crippen molar-refractivity contribution >= 4 is 11.9 Å². The van der Waals surface area contributed by atoms with Crippen LogP contribution in [0.2, 0.25) is 0 Å². The first kappa shape index (κ1) is 13.0. The predicted octanol–water partition coefficient (Wildman–Crippen LogP) is 0.358. The molecule has 0 bridgehead atoms. The third-order valence-electron chi connectivity index (χ3n) is 2.23. The van der Waals surface area contributed by atoms with E-state index >= 15 is 0 Å². The lowest BCUT2D eigenvalue weighted by atomic mass is 10.1. The molecule has 1 unspecified atom stereocenters. The maximum absolute atomic E-state index is 11.6. The lowest BCUT2D eigenvalue weighted by Gasteiger charge is -2.12. The van der Waals surface area contributed by atoms with Crippen molar-refractivity contribution in [2.75, 3.05) is 0 Å². The summed E-state index contributed by atoms with van der Waals surface area (Å²) in [6, 6.07) is 2.68. The Bertz CT molecular complexity index is 467. The molecule has 1 heterocycles. The summed E-state index contributed by atoms with van der Waals surface area (Å²) in [5, 5.41) is 11.1. The van der Waals surface area contributed by atoms with Gasteiger partial charge in [-0.2, -0.15) is 0 Å². The number of carboxylic acid groups (broad SMARTS) is 1. The number of H-pyrrole nitrogens is 1. The van der Waals surface area contributed by atoms with E-state index in [1.807, 2.05) is 0 Å². The highest BCUT2D eigenvalue weighted by atomic mass is 16.4. The molecule has 0 saturated carbocycles. The van der Waals surface area contributed by atoms with Gasteiger partial charge in [0.2, 0.25) is 0 Å². The summed E-state index contributed by atoms with van der Waals surface area (Å²) in [6.07, 6.45) is 1.74. The van der Waals surface area contributed by atoms with Crippen LogP contribution in [0.15, 0.2) is 23.1 Å². The molecule has 1 rings (SSSR count). The van der Waals surface area contributed by atoms with Crippen LogP contribution >= 0.6 is 0 Å². The second-order valence-corrected chi connectivity index (χ2v) is 3.72. The van der Waals surface area contributed by atoms with Crippen molar-refractivity contribution in [3.63, 3.8) is 0 Å². The van der Waals surface area contributed by atoms with E-state index in [4.69, 9.17) is 5.11 Å². The molecule has 0 aliphatic rings. The Balaban J connectivity index is 2.58. The molecule has 0 aliphatic carbocycles. The Morgan fingerprint density at radius 1 is 1.53 bits per heavy atom. The number of rotatable bonds is 5. The molecule has 0 aliphatic heterocycles. The minimum Gasteiger partial charge on any atom is -0.481 e. The molecule has 1 amide bonds. The molecule has 1 aromatic heterocycles. The van der Waals surface area contributed by atoms with Crippen LogP contribution in [0.3, 0.4) is 0 Å². The zero-order chi connectivity index (χ0) is 12.8. The second-order valence-electron chi connectivity index (χ2n) is 3.72. The molecule has 0 aromatic carbocycles. The zero-order valence-corrected chi connectivity index (χ0v) is 9.40. The summed E-state index contributed by atoms with van der Waals surface area (Å²) in [7, 11) is 0. The molecule has 6 nitrogen and oxygen atoms in total.